The van der Waals surface area contributed by atoms with E-state index in [1.165, 1.54) is 4.90 Å². The van der Waals surface area contributed by atoms with E-state index in [0.717, 1.165) is 41.2 Å². The molecule has 0 radical (unpaired) electrons. The van der Waals surface area contributed by atoms with Crippen molar-refractivity contribution in [3.63, 3.8) is 0 Å². The summed E-state index contributed by atoms with van der Waals surface area (Å²) < 4.78 is 13.4. The molecule has 194 valence electrons. The Bertz CT molecular complexity index is 1550. The van der Waals surface area contributed by atoms with E-state index >= 15 is 0 Å². The van der Waals surface area contributed by atoms with Gasteiger partial charge in [0.2, 0.25) is 0 Å². The average molecular weight is 567 g/mol. The van der Waals surface area contributed by atoms with Gasteiger partial charge >= 0.3 is 0 Å². The van der Waals surface area contributed by atoms with E-state index in [9.17, 15) is 9.59 Å². The number of methoxy groups -OCH3 is 1. The summed E-state index contributed by atoms with van der Waals surface area (Å²) in [7, 11) is 1.62. The lowest BCUT2D eigenvalue weighted by molar-refractivity contribution is -0.123. The van der Waals surface area contributed by atoms with Crippen LogP contribution in [0.15, 0.2) is 77.8 Å². The molecule has 0 atom stereocenters. The maximum atomic E-state index is 13.2. The summed E-state index contributed by atoms with van der Waals surface area (Å²) in [4.78, 5) is 27.4. The van der Waals surface area contributed by atoms with Gasteiger partial charge < -0.3 is 14.0 Å². The third-order valence-electron chi connectivity index (χ3n) is 6.19. The van der Waals surface area contributed by atoms with Gasteiger partial charge in [-0.05, 0) is 60.2 Å². The number of fused-ring (bicyclic) bond motifs is 1. The highest BCUT2D eigenvalue weighted by Crippen LogP contribution is 2.36. The Kier molecular flexibility index (Phi) is 7.98. The quantitative estimate of drug-likeness (QED) is 0.154. The zero-order chi connectivity index (χ0) is 26.6. The minimum atomic E-state index is -0.340. The van der Waals surface area contributed by atoms with Gasteiger partial charge in [-0.3, -0.25) is 14.5 Å². The number of nitrogens with zero attached hydrogens (tertiary/aromatic N) is 2. The van der Waals surface area contributed by atoms with Gasteiger partial charge in [0.1, 0.15) is 0 Å². The second-order valence-electron chi connectivity index (χ2n) is 8.65. The van der Waals surface area contributed by atoms with E-state index in [-0.39, 0.29) is 17.7 Å². The summed E-state index contributed by atoms with van der Waals surface area (Å²) in [6.07, 6.45) is 4.57. The first-order chi connectivity index (χ1) is 18.4. The monoisotopic (exact) mass is 566 g/mol. The summed E-state index contributed by atoms with van der Waals surface area (Å²) in [5.74, 6) is 1.07. The first-order valence-electron chi connectivity index (χ1n) is 12.0. The number of para-hydroxylation sites is 3. The van der Waals surface area contributed by atoms with Gasteiger partial charge in [0.05, 0.1) is 25.2 Å². The summed E-state index contributed by atoms with van der Waals surface area (Å²) in [6.45, 7) is 1.33. The van der Waals surface area contributed by atoms with Gasteiger partial charge in [-0.1, -0.05) is 59.6 Å². The van der Waals surface area contributed by atoms with Gasteiger partial charge in [-0.15, -0.1) is 0 Å². The second kappa shape index (κ2) is 11.6. The molecule has 1 aliphatic heterocycles. The lowest BCUT2D eigenvalue weighted by Gasteiger charge is -2.13. The Labute approximate surface area is 234 Å². The summed E-state index contributed by atoms with van der Waals surface area (Å²) in [5.41, 5.74) is 2.58. The Morgan fingerprint density at radius 3 is 2.53 bits per heavy atom. The molecule has 9 heteroatoms. The van der Waals surface area contributed by atoms with Crippen LogP contribution in [0.25, 0.3) is 17.0 Å². The molecule has 0 unspecified atom stereocenters. The zero-order valence-electron chi connectivity index (χ0n) is 20.5. The van der Waals surface area contributed by atoms with E-state index < -0.39 is 0 Å². The van der Waals surface area contributed by atoms with Gasteiger partial charge in [-0.2, -0.15) is 0 Å². The van der Waals surface area contributed by atoms with E-state index in [0.29, 0.717) is 38.6 Å². The maximum absolute atomic E-state index is 13.2. The van der Waals surface area contributed by atoms with E-state index in [1.807, 2.05) is 54.7 Å². The normalized spacial score (nSPS) is 14.6. The molecule has 0 spiro atoms. The highest BCUT2D eigenvalue weighted by atomic mass is 35.5. The fourth-order valence-corrected chi connectivity index (χ4v) is 5.63. The average Bonchev–Trinajstić information content (AvgIpc) is 3.40. The predicted octanol–water partition coefficient (Wildman–Crippen LogP) is 7.66. The van der Waals surface area contributed by atoms with Gasteiger partial charge in [0.25, 0.3) is 11.1 Å². The van der Waals surface area contributed by atoms with E-state index in [1.54, 1.807) is 31.4 Å². The minimum absolute atomic E-state index is 0.0893. The summed E-state index contributed by atoms with van der Waals surface area (Å²) in [6, 6.07) is 20.6. The Morgan fingerprint density at radius 2 is 1.74 bits per heavy atom. The van der Waals surface area contributed by atoms with Crippen LogP contribution in [0, 0.1) is 0 Å². The van der Waals surface area contributed by atoms with Crippen LogP contribution in [-0.4, -0.2) is 34.3 Å². The Hall–Kier alpha value is -3.39. The highest BCUT2D eigenvalue weighted by molar-refractivity contribution is 8.18. The first-order valence-corrected chi connectivity index (χ1v) is 13.5. The molecule has 0 bridgehead atoms. The zero-order valence-corrected chi connectivity index (χ0v) is 22.9. The summed E-state index contributed by atoms with van der Waals surface area (Å²) >= 11 is 13.2. The topological polar surface area (TPSA) is 60.8 Å². The molecule has 1 saturated heterocycles. The van der Waals surface area contributed by atoms with Crippen molar-refractivity contribution in [3.05, 3.63) is 99.0 Å². The first kappa shape index (κ1) is 26.2. The molecule has 5 rings (SSSR count). The van der Waals surface area contributed by atoms with Crippen molar-refractivity contribution in [3.8, 4) is 11.5 Å². The van der Waals surface area contributed by atoms with Crippen LogP contribution in [0.3, 0.4) is 0 Å². The van der Waals surface area contributed by atoms with Crippen molar-refractivity contribution in [1.29, 1.82) is 0 Å². The Balaban J connectivity index is 1.32. The van der Waals surface area contributed by atoms with Crippen LogP contribution < -0.4 is 9.47 Å². The van der Waals surface area contributed by atoms with Crippen molar-refractivity contribution in [1.82, 2.24) is 9.47 Å². The van der Waals surface area contributed by atoms with E-state index in [2.05, 4.69) is 4.57 Å². The molecular weight excluding hydrogens is 543 g/mol. The molecular formula is C29H24Cl2N2O4S. The SMILES string of the molecule is COc1ccccc1OCCCn1cc(/C=C2\SC(=O)N(Cc3ccc(Cl)cc3Cl)C2=O)c2ccccc21. The number of thioether (sulfide) groups is 1. The second-order valence-corrected chi connectivity index (χ2v) is 10.5. The molecule has 0 N–H and O–H groups in total. The molecule has 4 aromatic rings. The van der Waals surface area contributed by atoms with Gasteiger partial charge in [0.15, 0.2) is 11.5 Å². The van der Waals surface area contributed by atoms with Crippen molar-refractivity contribution >= 4 is 63.1 Å². The smallest absolute Gasteiger partial charge is 0.293 e. The molecule has 2 amide bonds. The molecule has 1 fully saturated rings. The minimum Gasteiger partial charge on any atom is -0.493 e. The number of rotatable bonds is 9. The van der Waals surface area contributed by atoms with Crippen molar-refractivity contribution in [2.24, 2.45) is 0 Å². The van der Waals surface area contributed by atoms with Crippen molar-refractivity contribution in [2.75, 3.05) is 13.7 Å². The number of carbonyl (C=O) groups excluding carboxylic acids is 2. The molecule has 1 aliphatic rings. The fraction of sp³-hybridized carbons (Fsp3) is 0.172. The van der Waals surface area contributed by atoms with Gasteiger partial charge in [0, 0.05) is 39.3 Å². The standard InChI is InChI=1S/C29H24Cl2N2O4S/c1-36-25-9-4-5-10-26(25)37-14-6-13-32-17-20(22-7-2-3-8-24(22)32)15-27-28(34)33(29(35)38-27)18-19-11-12-21(30)16-23(19)31/h2-5,7-12,15-17H,6,13-14,18H2,1H3/b27-15-. The third kappa shape index (κ3) is 5.55. The number of imide groups is 1. The lowest BCUT2D eigenvalue weighted by Crippen LogP contribution is -2.27. The number of amides is 2. The number of halogens is 2. The highest BCUT2D eigenvalue weighted by Gasteiger charge is 2.35. The molecule has 38 heavy (non-hydrogen) atoms. The number of hydrogen-bond acceptors (Lipinski definition) is 5. The van der Waals surface area contributed by atoms with Crippen LogP contribution in [0.5, 0.6) is 11.5 Å². The van der Waals surface area contributed by atoms with E-state index in [4.69, 9.17) is 32.7 Å². The third-order valence-corrected chi connectivity index (χ3v) is 7.69. The number of aryl methyl sites for hydroxylation is 1. The van der Waals surface area contributed by atoms with Crippen LogP contribution in [0.2, 0.25) is 10.0 Å². The molecule has 2 heterocycles. The predicted molar refractivity (Wildman–Crippen MR) is 153 cm³/mol. The number of carbonyl (C=O) groups is 2. The fourth-order valence-electron chi connectivity index (χ4n) is 4.33. The number of benzene rings is 3. The van der Waals surface area contributed by atoms with Crippen LogP contribution in [0.1, 0.15) is 17.5 Å². The molecule has 1 aromatic heterocycles. The van der Waals surface area contributed by atoms with Crippen LogP contribution in [-0.2, 0) is 17.9 Å². The molecule has 6 nitrogen and oxygen atoms in total. The Morgan fingerprint density at radius 1 is 0.974 bits per heavy atom. The molecule has 0 saturated carbocycles. The van der Waals surface area contributed by atoms with Gasteiger partial charge in [-0.25, -0.2) is 0 Å². The maximum Gasteiger partial charge on any atom is 0.293 e. The number of ether oxygens (including phenoxy) is 2. The number of hydrogen-bond donors (Lipinski definition) is 0. The lowest BCUT2D eigenvalue weighted by atomic mass is 10.1. The van der Waals surface area contributed by atoms with Crippen LogP contribution in [0.4, 0.5) is 4.79 Å². The largest absolute Gasteiger partial charge is 0.493 e. The van der Waals surface area contributed by atoms with Crippen molar-refractivity contribution < 1.29 is 19.1 Å². The van der Waals surface area contributed by atoms with Crippen molar-refractivity contribution in [2.45, 2.75) is 19.5 Å². The molecule has 3 aromatic carbocycles. The summed E-state index contributed by atoms with van der Waals surface area (Å²) in [5, 5.41) is 1.59. The van der Waals surface area contributed by atoms with Crippen LogP contribution >= 0.6 is 35.0 Å². The molecule has 0 aliphatic carbocycles. The number of aromatic nitrogens is 1.